The number of nitrogens with zero attached hydrogens (tertiary/aromatic N) is 4. The number of rotatable bonds is 9. The van der Waals surface area contributed by atoms with Gasteiger partial charge < -0.3 is 15.9 Å². The van der Waals surface area contributed by atoms with Crippen LogP contribution in [0.2, 0.25) is 0 Å². The molecule has 3 aromatic carbocycles. The van der Waals surface area contributed by atoms with E-state index in [1.54, 1.807) is 0 Å². The molecule has 1 atom stereocenters. The van der Waals surface area contributed by atoms with Gasteiger partial charge in [-0.05, 0) is 42.5 Å². The molecule has 17 nitrogen and oxygen atoms in total. The first-order chi connectivity index (χ1) is 18.4. The van der Waals surface area contributed by atoms with Crippen LogP contribution in [0.15, 0.2) is 89.7 Å². The fourth-order valence-corrected chi connectivity index (χ4v) is 4.98. The predicted octanol–water partition coefficient (Wildman–Crippen LogP) is 2.98. The monoisotopic (exact) mass is 615 g/mol. The molecule has 20 heteroatoms. The van der Waals surface area contributed by atoms with Crippen molar-refractivity contribution in [1.82, 2.24) is 0 Å². The second-order valence-electron chi connectivity index (χ2n) is 7.64. The zero-order valence-electron chi connectivity index (χ0n) is 19.5. The third-order valence-corrected chi connectivity index (χ3v) is 7.48. The predicted molar refractivity (Wildman–Crippen MR) is 134 cm³/mol. The number of carboxylic acid groups (broad SMARTS) is 1. The molecule has 40 heavy (non-hydrogen) atoms. The topological polar surface area (TPSA) is 296 Å². The van der Waals surface area contributed by atoms with E-state index in [-0.39, 0.29) is 17.4 Å². The fourth-order valence-electron chi connectivity index (χ4n) is 3.10. The number of aromatic hydroxyl groups is 1. The van der Waals surface area contributed by atoms with Gasteiger partial charge in [0.25, 0.3) is 30.4 Å². The zero-order valence-corrected chi connectivity index (χ0v) is 21.9. The first-order valence-electron chi connectivity index (χ1n) is 10.2. The Morgan fingerprint density at radius 1 is 0.750 bits per heavy atom. The summed E-state index contributed by atoms with van der Waals surface area (Å²) in [5, 5.41) is 34.6. The van der Waals surface area contributed by atoms with E-state index < -0.39 is 79.7 Å². The van der Waals surface area contributed by atoms with Gasteiger partial charge in [-0.15, -0.1) is 0 Å². The molecule has 0 spiro atoms. The van der Waals surface area contributed by atoms with E-state index in [1.165, 1.54) is 18.2 Å². The van der Waals surface area contributed by atoms with E-state index in [1.807, 2.05) is 0 Å². The first kappa shape index (κ1) is 30.2. The summed E-state index contributed by atoms with van der Waals surface area (Å²) in [6.45, 7) is 0. The number of phenols is 1. The Bertz CT molecular complexity index is 1890. The van der Waals surface area contributed by atoms with Crippen LogP contribution in [0.5, 0.6) is 5.75 Å². The van der Waals surface area contributed by atoms with E-state index in [9.17, 15) is 53.9 Å². The van der Waals surface area contributed by atoms with E-state index >= 15 is 0 Å². The van der Waals surface area contributed by atoms with Crippen molar-refractivity contribution >= 4 is 53.4 Å². The van der Waals surface area contributed by atoms with Crippen molar-refractivity contribution < 1.29 is 53.9 Å². The maximum absolute atomic E-state index is 11.8. The van der Waals surface area contributed by atoms with Crippen LogP contribution in [0.4, 0.5) is 17.1 Å². The molecule has 212 valence electrons. The maximum atomic E-state index is 11.8. The van der Waals surface area contributed by atoms with Gasteiger partial charge in [0.05, 0.1) is 16.1 Å². The lowest BCUT2D eigenvalue weighted by Crippen LogP contribution is -2.07. The molecule has 0 saturated carbocycles. The SMILES string of the molecule is Nc1ccc(N=NC(N=Nc2ccccc2S(=O)(=O)O)c2cc(S(=O)(=O)O)cc(S(=O)(=O)O)c2O)c(C(=O)O)c1. The highest BCUT2D eigenvalue weighted by molar-refractivity contribution is 7.86. The van der Waals surface area contributed by atoms with Gasteiger partial charge in [-0.2, -0.15) is 45.7 Å². The summed E-state index contributed by atoms with van der Waals surface area (Å²) >= 11 is 0. The van der Waals surface area contributed by atoms with Crippen molar-refractivity contribution in [2.75, 3.05) is 5.73 Å². The number of nitrogen functional groups attached to an aromatic ring is 1. The fraction of sp³-hybridized carbons (Fsp3) is 0.0500. The number of aromatic carboxylic acids is 1. The van der Waals surface area contributed by atoms with Crippen LogP contribution in [0, 0.1) is 0 Å². The van der Waals surface area contributed by atoms with Crippen LogP contribution in [-0.4, -0.2) is 55.1 Å². The molecule has 0 bridgehead atoms. The van der Waals surface area contributed by atoms with Crippen molar-refractivity contribution in [3.8, 4) is 5.75 Å². The molecule has 7 N–H and O–H groups in total. The Morgan fingerprint density at radius 2 is 1.32 bits per heavy atom. The summed E-state index contributed by atoms with van der Waals surface area (Å²) in [6.07, 6.45) is -2.07. The molecule has 1 unspecified atom stereocenters. The molecule has 0 aliphatic rings. The molecule has 3 aromatic rings. The largest absolute Gasteiger partial charge is 0.506 e. The normalized spacial score (nSPS) is 13.6. The minimum atomic E-state index is -5.33. The molecule has 0 radical (unpaired) electrons. The third kappa shape index (κ3) is 6.99. The van der Waals surface area contributed by atoms with E-state index in [0.29, 0.717) is 6.07 Å². The third-order valence-electron chi connectivity index (χ3n) is 4.88. The summed E-state index contributed by atoms with van der Waals surface area (Å²) in [5.74, 6) is -2.82. The van der Waals surface area contributed by atoms with Crippen molar-refractivity contribution in [3.63, 3.8) is 0 Å². The Kier molecular flexibility index (Phi) is 8.33. The number of hydrogen-bond acceptors (Lipinski definition) is 13. The average molecular weight is 616 g/mol. The molecule has 0 fully saturated rings. The van der Waals surface area contributed by atoms with Gasteiger partial charge in [0.1, 0.15) is 21.2 Å². The smallest absolute Gasteiger partial charge is 0.338 e. The number of nitrogens with two attached hydrogens (primary N) is 1. The van der Waals surface area contributed by atoms with E-state index in [2.05, 4.69) is 20.5 Å². The highest BCUT2D eigenvalue weighted by Gasteiger charge is 2.28. The molecule has 3 rings (SSSR count). The Balaban J connectivity index is 2.33. The number of carbonyl (C=O) groups is 1. The van der Waals surface area contributed by atoms with Gasteiger partial charge in [-0.1, -0.05) is 12.1 Å². The van der Waals surface area contributed by atoms with Gasteiger partial charge in [0, 0.05) is 11.3 Å². The van der Waals surface area contributed by atoms with Crippen LogP contribution >= 0.6 is 0 Å². The lowest BCUT2D eigenvalue weighted by Gasteiger charge is -2.13. The summed E-state index contributed by atoms with van der Waals surface area (Å²) in [5.41, 5.74) is 3.44. The molecule has 0 aromatic heterocycles. The van der Waals surface area contributed by atoms with Crippen LogP contribution < -0.4 is 5.73 Å². The standard InChI is InChI=1S/C20H17N5O12S3/c21-10-5-6-14(12(7-10)20(27)28)22-24-19(25-23-15-3-1-2-4-16(15)39(32,33)34)13-8-11(38(29,30)31)9-17(18(13)26)40(35,36)37/h1-9,19,26H,21H2,(H,27,28)(H,29,30,31)(H,32,33,34)(H,35,36,37). The lowest BCUT2D eigenvalue weighted by molar-refractivity contribution is 0.0697. The summed E-state index contributed by atoms with van der Waals surface area (Å²) in [4.78, 5) is 8.30. The second kappa shape index (κ2) is 11.0. The summed E-state index contributed by atoms with van der Waals surface area (Å²) in [6, 6.07) is 8.63. The van der Waals surface area contributed by atoms with Crippen molar-refractivity contribution in [1.29, 1.82) is 0 Å². The van der Waals surface area contributed by atoms with Gasteiger partial charge in [-0.3, -0.25) is 13.7 Å². The van der Waals surface area contributed by atoms with Crippen LogP contribution in [0.1, 0.15) is 22.1 Å². The average Bonchev–Trinajstić information content (AvgIpc) is 2.83. The Morgan fingerprint density at radius 3 is 1.88 bits per heavy atom. The van der Waals surface area contributed by atoms with Gasteiger partial charge in [0.15, 0.2) is 0 Å². The number of carboxylic acids is 1. The number of phenolic OH excluding ortho intramolecular Hbond substituents is 1. The number of benzene rings is 3. The molecular formula is C20H17N5O12S3. The Hall–Kier alpha value is -4.34. The maximum Gasteiger partial charge on any atom is 0.338 e. The molecule has 0 aliphatic carbocycles. The van der Waals surface area contributed by atoms with Gasteiger partial charge >= 0.3 is 5.97 Å². The minimum absolute atomic E-state index is 0.0331. The quantitative estimate of drug-likeness (QED) is 0.115. The van der Waals surface area contributed by atoms with Crippen molar-refractivity contribution in [3.05, 3.63) is 65.7 Å². The first-order valence-corrected chi connectivity index (χ1v) is 14.5. The van der Waals surface area contributed by atoms with E-state index in [0.717, 1.165) is 24.3 Å². The summed E-state index contributed by atoms with van der Waals surface area (Å²) < 4.78 is 99.0. The summed E-state index contributed by atoms with van der Waals surface area (Å²) in [7, 11) is -15.3. The highest BCUT2D eigenvalue weighted by atomic mass is 32.2. The molecule has 0 aliphatic heterocycles. The van der Waals surface area contributed by atoms with Crippen molar-refractivity contribution in [2.45, 2.75) is 20.9 Å². The number of anilines is 1. The Labute approximate surface area is 225 Å². The molecular weight excluding hydrogens is 598 g/mol. The van der Waals surface area contributed by atoms with Crippen LogP contribution in [0.3, 0.4) is 0 Å². The second-order valence-corrected chi connectivity index (χ2v) is 11.8. The zero-order chi connectivity index (χ0) is 30.0. The lowest BCUT2D eigenvalue weighted by atomic mass is 10.1. The van der Waals surface area contributed by atoms with Gasteiger partial charge in [-0.25, -0.2) is 4.79 Å². The van der Waals surface area contributed by atoms with Crippen LogP contribution in [0.25, 0.3) is 0 Å². The van der Waals surface area contributed by atoms with Crippen molar-refractivity contribution in [2.24, 2.45) is 20.5 Å². The number of azo groups is 2. The molecule has 0 saturated heterocycles. The highest BCUT2D eigenvalue weighted by Crippen LogP contribution is 2.38. The minimum Gasteiger partial charge on any atom is -0.506 e. The van der Waals surface area contributed by atoms with Gasteiger partial charge in [0.2, 0.25) is 6.17 Å². The number of hydrogen-bond donors (Lipinski definition) is 6. The van der Waals surface area contributed by atoms with E-state index in [4.69, 9.17) is 5.73 Å². The molecule has 0 amide bonds. The van der Waals surface area contributed by atoms with Crippen LogP contribution in [-0.2, 0) is 30.4 Å². The molecule has 0 heterocycles.